The maximum atomic E-state index is 12.0. The Kier molecular flexibility index (Phi) is 8.51. The second-order valence-corrected chi connectivity index (χ2v) is 5.67. The van der Waals surface area contributed by atoms with Crippen LogP contribution in [0.3, 0.4) is 0 Å². The molecule has 1 amide bonds. The standard InChI is InChI=1S/C16H23N3O6/c1-11(2)25-9-3-8-17-14(16(21)22)10-15(20)18-12-4-6-13(7-5-12)19(23)24/h4-7,11,14,17H,3,8-10H2,1-2H3,(H,18,20)(H,21,22). The van der Waals surface area contributed by atoms with E-state index in [1.807, 2.05) is 13.8 Å². The minimum Gasteiger partial charge on any atom is -0.480 e. The molecule has 0 bridgehead atoms. The molecule has 0 radical (unpaired) electrons. The summed E-state index contributed by atoms with van der Waals surface area (Å²) in [6.07, 6.45) is 0.492. The summed E-state index contributed by atoms with van der Waals surface area (Å²) in [7, 11) is 0. The number of anilines is 1. The Morgan fingerprint density at radius 1 is 1.28 bits per heavy atom. The SMILES string of the molecule is CC(C)OCCCNC(CC(=O)Nc1ccc([N+](=O)[O-])cc1)C(=O)O. The Balaban J connectivity index is 2.44. The van der Waals surface area contributed by atoms with Crippen molar-refractivity contribution < 1.29 is 24.4 Å². The molecule has 1 rings (SSSR count). The lowest BCUT2D eigenvalue weighted by Gasteiger charge is -2.15. The molecule has 1 aromatic carbocycles. The molecule has 0 aromatic heterocycles. The summed E-state index contributed by atoms with van der Waals surface area (Å²) in [5, 5.41) is 25.1. The van der Waals surface area contributed by atoms with Gasteiger partial charge < -0.3 is 20.5 Å². The van der Waals surface area contributed by atoms with Crippen LogP contribution in [0.25, 0.3) is 0 Å². The highest BCUT2D eigenvalue weighted by atomic mass is 16.6. The Morgan fingerprint density at radius 2 is 1.92 bits per heavy atom. The maximum absolute atomic E-state index is 12.0. The smallest absolute Gasteiger partial charge is 0.321 e. The highest BCUT2D eigenvalue weighted by Gasteiger charge is 2.20. The normalized spacial score (nSPS) is 12.0. The van der Waals surface area contributed by atoms with Gasteiger partial charge in [-0.15, -0.1) is 0 Å². The van der Waals surface area contributed by atoms with Gasteiger partial charge in [-0.25, -0.2) is 0 Å². The average Bonchev–Trinajstić information content (AvgIpc) is 2.53. The van der Waals surface area contributed by atoms with Gasteiger partial charge in [0, 0.05) is 24.4 Å². The van der Waals surface area contributed by atoms with Crippen molar-refractivity contribution >= 4 is 23.3 Å². The van der Waals surface area contributed by atoms with Crippen molar-refractivity contribution in [2.45, 2.75) is 38.8 Å². The molecule has 9 heteroatoms. The van der Waals surface area contributed by atoms with Crippen LogP contribution in [0, 0.1) is 10.1 Å². The van der Waals surface area contributed by atoms with Crippen LogP contribution in [0.15, 0.2) is 24.3 Å². The number of carbonyl (C=O) groups excluding carboxylic acids is 1. The number of nitrogens with zero attached hydrogens (tertiary/aromatic N) is 1. The van der Waals surface area contributed by atoms with E-state index in [-0.39, 0.29) is 18.2 Å². The molecular weight excluding hydrogens is 330 g/mol. The number of rotatable bonds is 11. The van der Waals surface area contributed by atoms with Gasteiger partial charge in [-0.05, 0) is 38.9 Å². The van der Waals surface area contributed by atoms with Gasteiger partial charge in [0.05, 0.1) is 17.4 Å². The number of nitro benzene ring substituents is 1. The van der Waals surface area contributed by atoms with Crippen molar-refractivity contribution in [1.82, 2.24) is 5.32 Å². The second-order valence-electron chi connectivity index (χ2n) is 5.67. The number of carbonyl (C=O) groups is 2. The molecular formula is C16H23N3O6. The molecule has 3 N–H and O–H groups in total. The van der Waals surface area contributed by atoms with Gasteiger partial charge in [0.15, 0.2) is 0 Å². The molecule has 1 aromatic rings. The third kappa shape index (κ3) is 8.23. The molecule has 9 nitrogen and oxygen atoms in total. The van der Waals surface area contributed by atoms with Crippen molar-refractivity contribution in [2.75, 3.05) is 18.5 Å². The molecule has 0 aliphatic heterocycles. The summed E-state index contributed by atoms with van der Waals surface area (Å²) in [5.41, 5.74) is 0.275. The van der Waals surface area contributed by atoms with E-state index in [4.69, 9.17) is 4.74 Å². The van der Waals surface area contributed by atoms with Gasteiger partial charge in [0.1, 0.15) is 6.04 Å². The van der Waals surface area contributed by atoms with Crippen LogP contribution < -0.4 is 10.6 Å². The second kappa shape index (κ2) is 10.4. The first-order valence-electron chi connectivity index (χ1n) is 7.91. The molecule has 1 atom stereocenters. The molecule has 0 fully saturated rings. The Bertz CT molecular complexity index is 588. The van der Waals surface area contributed by atoms with E-state index >= 15 is 0 Å². The number of nitro groups is 1. The molecule has 0 aliphatic rings. The van der Waals surface area contributed by atoms with E-state index in [1.54, 1.807) is 0 Å². The molecule has 0 spiro atoms. The van der Waals surface area contributed by atoms with Crippen LogP contribution in [-0.2, 0) is 14.3 Å². The monoisotopic (exact) mass is 353 g/mol. The molecule has 138 valence electrons. The highest BCUT2D eigenvalue weighted by molar-refractivity contribution is 5.94. The topological polar surface area (TPSA) is 131 Å². The Morgan fingerprint density at radius 3 is 2.44 bits per heavy atom. The average molecular weight is 353 g/mol. The van der Waals surface area contributed by atoms with Gasteiger partial charge in [-0.1, -0.05) is 0 Å². The highest BCUT2D eigenvalue weighted by Crippen LogP contribution is 2.15. The minimum absolute atomic E-state index is 0.0910. The lowest BCUT2D eigenvalue weighted by molar-refractivity contribution is -0.384. The number of nitrogens with one attached hydrogen (secondary N) is 2. The van der Waals surface area contributed by atoms with Crippen LogP contribution in [0.5, 0.6) is 0 Å². The summed E-state index contributed by atoms with van der Waals surface area (Å²) >= 11 is 0. The fraction of sp³-hybridized carbons (Fsp3) is 0.500. The minimum atomic E-state index is -1.12. The van der Waals surface area contributed by atoms with Gasteiger partial charge in [0.2, 0.25) is 5.91 Å². The zero-order chi connectivity index (χ0) is 18.8. The first kappa shape index (κ1) is 20.5. The predicted molar refractivity (Wildman–Crippen MR) is 91.5 cm³/mol. The Labute approximate surface area is 145 Å². The first-order valence-corrected chi connectivity index (χ1v) is 7.91. The van der Waals surface area contributed by atoms with Gasteiger partial charge in [0.25, 0.3) is 5.69 Å². The van der Waals surface area contributed by atoms with Gasteiger partial charge in [-0.2, -0.15) is 0 Å². The lowest BCUT2D eigenvalue weighted by Crippen LogP contribution is -2.40. The number of carboxylic acid groups (broad SMARTS) is 1. The lowest BCUT2D eigenvalue weighted by atomic mass is 10.2. The van der Waals surface area contributed by atoms with E-state index in [9.17, 15) is 24.8 Å². The number of aliphatic carboxylic acids is 1. The number of benzene rings is 1. The number of ether oxygens (including phenoxy) is 1. The molecule has 0 saturated carbocycles. The molecule has 0 heterocycles. The number of carboxylic acids is 1. The zero-order valence-corrected chi connectivity index (χ0v) is 14.2. The van der Waals surface area contributed by atoms with Crippen molar-refractivity contribution in [3.8, 4) is 0 Å². The van der Waals surface area contributed by atoms with E-state index in [0.29, 0.717) is 25.3 Å². The third-order valence-electron chi connectivity index (χ3n) is 3.21. The van der Waals surface area contributed by atoms with Crippen LogP contribution in [0.2, 0.25) is 0 Å². The maximum Gasteiger partial charge on any atom is 0.321 e. The quantitative estimate of drug-likeness (QED) is 0.314. The fourth-order valence-corrected chi connectivity index (χ4v) is 1.98. The molecule has 0 aliphatic carbocycles. The number of amides is 1. The van der Waals surface area contributed by atoms with Crippen molar-refractivity contribution in [2.24, 2.45) is 0 Å². The largest absolute Gasteiger partial charge is 0.480 e. The van der Waals surface area contributed by atoms with Crippen molar-refractivity contribution in [3.05, 3.63) is 34.4 Å². The van der Waals surface area contributed by atoms with Crippen LogP contribution in [0.4, 0.5) is 11.4 Å². The summed E-state index contributed by atoms with van der Waals surface area (Å²) in [5.74, 6) is -1.61. The molecule has 25 heavy (non-hydrogen) atoms. The van der Waals surface area contributed by atoms with Crippen LogP contribution >= 0.6 is 0 Å². The molecule has 1 unspecified atom stereocenters. The van der Waals surface area contributed by atoms with E-state index in [0.717, 1.165) is 0 Å². The summed E-state index contributed by atoms with van der Waals surface area (Å²) < 4.78 is 5.36. The summed E-state index contributed by atoms with van der Waals surface area (Å²) in [4.78, 5) is 33.2. The molecule has 0 saturated heterocycles. The van der Waals surface area contributed by atoms with Crippen molar-refractivity contribution in [1.29, 1.82) is 0 Å². The van der Waals surface area contributed by atoms with E-state index in [1.165, 1.54) is 24.3 Å². The first-order chi connectivity index (χ1) is 11.8. The van der Waals surface area contributed by atoms with Gasteiger partial charge >= 0.3 is 5.97 Å². The van der Waals surface area contributed by atoms with Gasteiger partial charge in [-0.3, -0.25) is 19.7 Å². The number of non-ortho nitro benzene ring substituents is 1. The zero-order valence-electron chi connectivity index (χ0n) is 14.2. The number of hydrogen-bond donors (Lipinski definition) is 3. The summed E-state index contributed by atoms with van der Waals surface area (Å²) in [6, 6.07) is 4.29. The van der Waals surface area contributed by atoms with E-state index < -0.39 is 22.8 Å². The van der Waals surface area contributed by atoms with Crippen molar-refractivity contribution in [3.63, 3.8) is 0 Å². The van der Waals surface area contributed by atoms with Crippen LogP contribution in [-0.4, -0.2) is 47.2 Å². The summed E-state index contributed by atoms with van der Waals surface area (Å²) in [6.45, 7) is 4.74. The van der Waals surface area contributed by atoms with Crippen LogP contribution in [0.1, 0.15) is 26.7 Å². The number of hydrogen-bond acceptors (Lipinski definition) is 6. The fourth-order valence-electron chi connectivity index (χ4n) is 1.98. The van der Waals surface area contributed by atoms with E-state index in [2.05, 4.69) is 10.6 Å². The Hall–Kier alpha value is -2.52. The third-order valence-corrected chi connectivity index (χ3v) is 3.21. The predicted octanol–water partition coefficient (Wildman–Crippen LogP) is 1.78.